The van der Waals surface area contributed by atoms with Gasteiger partial charge in [0.2, 0.25) is 10.0 Å². The minimum Gasteiger partial charge on any atom is -0.392 e. The van der Waals surface area contributed by atoms with Crippen LogP contribution in [-0.2, 0) is 32.2 Å². The van der Waals surface area contributed by atoms with Crippen molar-refractivity contribution < 1.29 is 21.9 Å². The zero-order chi connectivity index (χ0) is 15.7. The Morgan fingerprint density at radius 1 is 1.24 bits per heavy atom. The fourth-order valence-electron chi connectivity index (χ4n) is 2.34. The van der Waals surface area contributed by atoms with E-state index in [1.54, 1.807) is 24.3 Å². The summed E-state index contributed by atoms with van der Waals surface area (Å²) in [6.45, 7) is -0.0904. The van der Waals surface area contributed by atoms with E-state index in [0.717, 1.165) is 0 Å². The number of benzene rings is 1. The second-order valence-corrected chi connectivity index (χ2v) is 9.56. The summed E-state index contributed by atoms with van der Waals surface area (Å²) in [6.07, 6.45) is 0.349. The van der Waals surface area contributed by atoms with Gasteiger partial charge >= 0.3 is 0 Å². The molecule has 1 saturated heterocycles. The summed E-state index contributed by atoms with van der Waals surface area (Å²) in [7, 11) is -5.24. The Kier molecular flexibility index (Phi) is 4.72. The van der Waals surface area contributed by atoms with Crippen LogP contribution >= 0.6 is 0 Å². The first-order valence-corrected chi connectivity index (χ1v) is 10.0. The van der Waals surface area contributed by atoms with Gasteiger partial charge in [-0.25, -0.2) is 21.1 Å². The fraction of sp³-hybridized carbons (Fsp3) is 0.538. The summed E-state index contributed by atoms with van der Waals surface area (Å²) >= 11 is 0. The molecule has 0 amide bonds. The average Bonchev–Trinajstić information content (AvgIpc) is 2.78. The van der Waals surface area contributed by atoms with E-state index < -0.39 is 25.9 Å². The minimum absolute atomic E-state index is 0.0444. The highest BCUT2D eigenvalue weighted by Gasteiger charge is 2.35. The molecule has 0 aliphatic carbocycles. The maximum absolute atomic E-state index is 12.3. The van der Waals surface area contributed by atoms with Crippen molar-refractivity contribution in [2.45, 2.75) is 24.8 Å². The van der Waals surface area contributed by atoms with Gasteiger partial charge in [-0.3, -0.25) is 0 Å². The van der Waals surface area contributed by atoms with Crippen LogP contribution in [0.5, 0.6) is 0 Å². The van der Waals surface area contributed by atoms with Gasteiger partial charge in [0, 0.05) is 13.1 Å². The van der Waals surface area contributed by atoms with Gasteiger partial charge in [-0.1, -0.05) is 24.3 Å². The molecule has 0 spiro atoms. The normalized spacial score (nSPS) is 21.8. The molecule has 8 heteroatoms. The molecule has 0 saturated carbocycles. The lowest BCUT2D eigenvalue weighted by atomic mass is 10.2. The smallest absolute Gasteiger partial charge is 0.218 e. The third-order valence-corrected chi connectivity index (χ3v) is 7.34. The van der Waals surface area contributed by atoms with Crippen LogP contribution in [0.15, 0.2) is 24.3 Å². The molecule has 118 valence electrons. The van der Waals surface area contributed by atoms with Crippen molar-refractivity contribution in [1.82, 2.24) is 4.31 Å². The standard InChI is InChI=1S/C13H19NO5S2/c1-14(13-6-7-20(16,17)10-13)21(18,19)9-12-4-2-11(8-15)3-5-12/h2-5,13,15H,6-10H2,1H3. The van der Waals surface area contributed by atoms with Crippen LogP contribution in [0.2, 0.25) is 0 Å². The van der Waals surface area contributed by atoms with E-state index in [-0.39, 0.29) is 23.9 Å². The van der Waals surface area contributed by atoms with Crippen LogP contribution in [-0.4, -0.2) is 50.8 Å². The van der Waals surface area contributed by atoms with Gasteiger partial charge in [-0.15, -0.1) is 0 Å². The van der Waals surface area contributed by atoms with Gasteiger partial charge in [0.25, 0.3) is 0 Å². The van der Waals surface area contributed by atoms with Crippen LogP contribution in [0.3, 0.4) is 0 Å². The maximum atomic E-state index is 12.3. The highest BCUT2D eigenvalue weighted by Crippen LogP contribution is 2.21. The van der Waals surface area contributed by atoms with Crippen molar-refractivity contribution in [2.24, 2.45) is 0 Å². The Hall–Kier alpha value is -0.960. The lowest BCUT2D eigenvalue weighted by Gasteiger charge is -2.22. The van der Waals surface area contributed by atoms with E-state index in [1.807, 2.05) is 0 Å². The summed E-state index contributed by atoms with van der Waals surface area (Å²) in [4.78, 5) is 0. The second kappa shape index (κ2) is 6.04. The van der Waals surface area contributed by atoms with Crippen LogP contribution in [0.4, 0.5) is 0 Å². The molecule has 1 N–H and O–H groups in total. The molecule has 1 unspecified atom stereocenters. The predicted octanol–water partition coefficient (Wildman–Crippen LogP) is 0.128. The van der Waals surface area contributed by atoms with Crippen LogP contribution in [0.25, 0.3) is 0 Å². The summed E-state index contributed by atoms with van der Waals surface area (Å²) in [6, 6.07) is 6.18. The summed E-state index contributed by atoms with van der Waals surface area (Å²) in [5.74, 6) is -0.235. The maximum Gasteiger partial charge on any atom is 0.218 e. The Bertz CT molecular complexity index is 695. The lowest BCUT2D eigenvalue weighted by molar-refractivity contribution is 0.282. The molecule has 1 atom stereocenters. The molecule has 1 aliphatic heterocycles. The number of hydrogen-bond donors (Lipinski definition) is 1. The molecule has 1 aliphatic rings. The van der Waals surface area contributed by atoms with Crippen LogP contribution in [0, 0.1) is 0 Å². The van der Waals surface area contributed by atoms with Crippen LogP contribution < -0.4 is 0 Å². The topological polar surface area (TPSA) is 91.8 Å². The Morgan fingerprint density at radius 3 is 2.29 bits per heavy atom. The number of rotatable bonds is 5. The van der Waals surface area contributed by atoms with E-state index >= 15 is 0 Å². The molecule has 0 aromatic heterocycles. The number of hydrogen-bond acceptors (Lipinski definition) is 5. The summed E-state index contributed by atoms with van der Waals surface area (Å²) in [5, 5.41) is 8.96. The Morgan fingerprint density at radius 2 is 1.81 bits per heavy atom. The second-order valence-electron chi connectivity index (χ2n) is 5.30. The number of nitrogens with zero attached hydrogens (tertiary/aromatic N) is 1. The monoisotopic (exact) mass is 333 g/mol. The van der Waals surface area contributed by atoms with Crippen molar-refractivity contribution in [3.63, 3.8) is 0 Å². The lowest BCUT2D eigenvalue weighted by Crippen LogP contribution is -2.38. The van der Waals surface area contributed by atoms with E-state index in [1.165, 1.54) is 11.4 Å². The predicted molar refractivity (Wildman–Crippen MR) is 79.8 cm³/mol. The molecule has 6 nitrogen and oxygen atoms in total. The van der Waals surface area contributed by atoms with E-state index in [0.29, 0.717) is 17.5 Å². The van der Waals surface area contributed by atoms with Crippen LogP contribution in [0.1, 0.15) is 17.5 Å². The van der Waals surface area contributed by atoms with Gasteiger partial charge in [0.05, 0.1) is 23.9 Å². The number of aliphatic hydroxyl groups is 1. The van der Waals surface area contributed by atoms with Crippen molar-refractivity contribution in [1.29, 1.82) is 0 Å². The molecular weight excluding hydrogens is 314 g/mol. The zero-order valence-corrected chi connectivity index (χ0v) is 13.4. The third kappa shape index (κ3) is 4.03. The Balaban J connectivity index is 2.10. The molecule has 1 aromatic rings. The molecular formula is C13H19NO5S2. The molecule has 21 heavy (non-hydrogen) atoms. The zero-order valence-electron chi connectivity index (χ0n) is 11.8. The highest BCUT2D eigenvalue weighted by molar-refractivity contribution is 7.92. The molecule has 2 rings (SSSR count). The largest absolute Gasteiger partial charge is 0.392 e. The van der Waals surface area contributed by atoms with Crippen molar-refractivity contribution in [3.05, 3.63) is 35.4 Å². The highest BCUT2D eigenvalue weighted by atomic mass is 32.2. The number of aliphatic hydroxyl groups excluding tert-OH is 1. The third-order valence-electron chi connectivity index (χ3n) is 3.72. The van der Waals surface area contributed by atoms with Crippen molar-refractivity contribution in [3.8, 4) is 0 Å². The van der Waals surface area contributed by atoms with Gasteiger partial charge in [0.15, 0.2) is 9.84 Å². The van der Waals surface area contributed by atoms with Crippen molar-refractivity contribution >= 4 is 19.9 Å². The number of sulfone groups is 1. The minimum atomic E-state index is -3.56. The van der Waals surface area contributed by atoms with Gasteiger partial charge in [0.1, 0.15) is 0 Å². The molecule has 0 radical (unpaired) electrons. The van der Waals surface area contributed by atoms with E-state index in [9.17, 15) is 16.8 Å². The van der Waals surface area contributed by atoms with Gasteiger partial charge in [-0.2, -0.15) is 0 Å². The quantitative estimate of drug-likeness (QED) is 0.827. The average molecular weight is 333 g/mol. The first-order valence-electron chi connectivity index (χ1n) is 6.58. The van der Waals surface area contributed by atoms with Gasteiger partial charge in [-0.05, 0) is 17.5 Å². The Labute approximate surface area is 125 Å². The first-order chi connectivity index (χ1) is 9.73. The van der Waals surface area contributed by atoms with Gasteiger partial charge < -0.3 is 5.11 Å². The fourth-order valence-corrected chi connectivity index (χ4v) is 5.66. The molecule has 1 aromatic carbocycles. The summed E-state index contributed by atoms with van der Waals surface area (Å²) in [5.41, 5.74) is 1.33. The van der Waals surface area contributed by atoms with E-state index in [4.69, 9.17) is 5.11 Å². The number of sulfonamides is 1. The molecule has 1 heterocycles. The summed E-state index contributed by atoms with van der Waals surface area (Å²) < 4.78 is 48.8. The van der Waals surface area contributed by atoms with E-state index in [2.05, 4.69) is 0 Å². The molecule has 1 fully saturated rings. The van der Waals surface area contributed by atoms with Crippen molar-refractivity contribution in [2.75, 3.05) is 18.6 Å². The molecule has 0 bridgehead atoms. The first kappa shape index (κ1) is 16.4. The SMILES string of the molecule is CN(C1CCS(=O)(=O)C1)S(=O)(=O)Cc1ccc(CO)cc1.